The van der Waals surface area contributed by atoms with Gasteiger partial charge in [-0.25, -0.2) is 9.97 Å². The Balaban J connectivity index is 1.89. The Morgan fingerprint density at radius 3 is 2.61 bits per heavy atom. The number of aliphatic hydroxyl groups excluding tert-OH is 1. The first-order chi connectivity index (χ1) is 14.9. The van der Waals surface area contributed by atoms with Gasteiger partial charge < -0.3 is 19.6 Å². The van der Waals surface area contributed by atoms with Crippen molar-refractivity contribution < 1.29 is 24.2 Å². The van der Waals surface area contributed by atoms with Crippen molar-refractivity contribution in [2.75, 3.05) is 37.7 Å². The number of ether oxygens (including phenoxy) is 1. The van der Waals surface area contributed by atoms with Crippen molar-refractivity contribution in [3.05, 3.63) is 51.5 Å². The molecule has 1 N–H and O–H groups in total. The van der Waals surface area contributed by atoms with Gasteiger partial charge in [0.2, 0.25) is 0 Å². The zero-order chi connectivity index (χ0) is 22.5. The molecule has 11 heteroatoms. The SMILES string of the molecule is CCOC(=O)CN1CCc2cc(N(CCO)C(=O)c3c(Cl)ncnc3Cl)ccc2C1=O. The number of halogens is 2. The highest BCUT2D eigenvalue weighted by molar-refractivity contribution is 6.39. The summed E-state index contributed by atoms with van der Waals surface area (Å²) >= 11 is 12.1. The molecule has 2 heterocycles. The van der Waals surface area contributed by atoms with Crippen molar-refractivity contribution in [2.24, 2.45) is 0 Å². The van der Waals surface area contributed by atoms with Crippen molar-refractivity contribution in [1.29, 1.82) is 0 Å². The summed E-state index contributed by atoms with van der Waals surface area (Å²) in [6, 6.07) is 4.88. The first-order valence-corrected chi connectivity index (χ1v) is 10.3. The van der Waals surface area contributed by atoms with Gasteiger partial charge >= 0.3 is 5.97 Å². The Kier molecular flexibility index (Phi) is 7.42. The van der Waals surface area contributed by atoms with Crippen molar-refractivity contribution in [2.45, 2.75) is 13.3 Å². The Bertz CT molecular complexity index is 997. The van der Waals surface area contributed by atoms with Crippen LogP contribution in [-0.4, -0.2) is 70.6 Å². The van der Waals surface area contributed by atoms with Gasteiger partial charge in [0, 0.05) is 24.3 Å². The van der Waals surface area contributed by atoms with Gasteiger partial charge in [-0.3, -0.25) is 14.4 Å². The molecule has 1 aliphatic rings. The summed E-state index contributed by atoms with van der Waals surface area (Å²) in [6.07, 6.45) is 1.63. The van der Waals surface area contributed by atoms with E-state index in [9.17, 15) is 19.5 Å². The molecule has 0 radical (unpaired) electrons. The molecular weight excluding hydrogens is 447 g/mol. The van der Waals surface area contributed by atoms with Crippen LogP contribution in [0.25, 0.3) is 0 Å². The Labute approximate surface area is 188 Å². The maximum Gasteiger partial charge on any atom is 0.325 e. The lowest BCUT2D eigenvalue weighted by Crippen LogP contribution is -2.41. The fourth-order valence-electron chi connectivity index (χ4n) is 3.31. The van der Waals surface area contributed by atoms with Crippen LogP contribution >= 0.6 is 23.2 Å². The highest BCUT2D eigenvalue weighted by Gasteiger charge is 2.29. The number of aromatic nitrogens is 2. The molecule has 0 unspecified atom stereocenters. The third kappa shape index (κ3) is 4.95. The third-order valence-electron chi connectivity index (χ3n) is 4.73. The number of carbonyl (C=O) groups excluding carboxylic acids is 3. The van der Waals surface area contributed by atoms with E-state index in [1.54, 1.807) is 25.1 Å². The summed E-state index contributed by atoms with van der Waals surface area (Å²) in [5.41, 5.74) is 1.55. The second-order valence-corrected chi connectivity index (χ2v) is 7.35. The van der Waals surface area contributed by atoms with Gasteiger partial charge in [0.1, 0.15) is 28.7 Å². The van der Waals surface area contributed by atoms with Gasteiger partial charge in [0.15, 0.2) is 0 Å². The zero-order valence-electron chi connectivity index (χ0n) is 16.7. The normalized spacial score (nSPS) is 13.0. The highest BCUT2D eigenvalue weighted by Crippen LogP contribution is 2.28. The fraction of sp³-hybridized carbons (Fsp3) is 0.350. The number of nitrogens with zero attached hydrogens (tertiary/aromatic N) is 4. The van der Waals surface area contributed by atoms with Crippen LogP contribution in [0.1, 0.15) is 33.2 Å². The van der Waals surface area contributed by atoms with Gasteiger partial charge in [0.25, 0.3) is 11.8 Å². The zero-order valence-corrected chi connectivity index (χ0v) is 18.2. The molecule has 0 atom stereocenters. The monoisotopic (exact) mass is 466 g/mol. The molecule has 0 saturated heterocycles. The van der Waals surface area contributed by atoms with Crippen LogP contribution in [-0.2, 0) is 16.0 Å². The van der Waals surface area contributed by atoms with E-state index < -0.39 is 11.9 Å². The maximum atomic E-state index is 13.1. The van der Waals surface area contributed by atoms with E-state index in [-0.39, 0.29) is 48.1 Å². The predicted molar refractivity (Wildman–Crippen MR) is 113 cm³/mol. The first-order valence-electron chi connectivity index (χ1n) is 9.53. The van der Waals surface area contributed by atoms with Gasteiger partial charge in [-0.15, -0.1) is 0 Å². The van der Waals surface area contributed by atoms with E-state index >= 15 is 0 Å². The average molecular weight is 467 g/mol. The van der Waals surface area contributed by atoms with Crippen LogP contribution in [0.3, 0.4) is 0 Å². The van der Waals surface area contributed by atoms with Gasteiger partial charge in [-0.2, -0.15) is 0 Å². The van der Waals surface area contributed by atoms with Crippen LogP contribution in [0.2, 0.25) is 10.3 Å². The smallest absolute Gasteiger partial charge is 0.325 e. The lowest BCUT2D eigenvalue weighted by atomic mass is 9.97. The standard InChI is InChI=1S/C20H20Cl2N4O5/c1-2-31-15(28)10-25-6-5-12-9-13(3-4-14(12)19(25)29)26(7-8-27)20(30)16-17(21)23-11-24-18(16)22/h3-4,9,11,27H,2,5-8,10H2,1H3. The van der Waals surface area contributed by atoms with Crippen LogP contribution in [0.5, 0.6) is 0 Å². The maximum absolute atomic E-state index is 13.1. The second-order valence-electron chi connectivity index (χ2n) is 6.63. The van der Waals surface area contributed by atoms with E-state index in [1.807, 2.05) is 0 Å². The van der Waals surface area contributed by atoms with E-state index in [1.165, 1.54) is 9.80 Å². The number of rotatable bonds is 7. The molecule has 0 fully saturated rings. The number of hydrogen-bond donors (Lipinski definition) is 1. The number of aliphatic hydroxyl groups is 1. The summed E-state index contributed by atoms with van der Waals surface area (Å²) in [5, 5.41) is 9.28. The summed E-state index contributed by atoms with van der Waals surface area (Å²) in [6.45, 7) is 1.84. The number of amides is 2. The lowest BCUT2D eigenvalue weighted by molar-refractivity contribution is -0.143. The summed E-state index contributed by atoms with van der Waals surface area (Å²) in [7, 11) is 0. The van der Waals surface area contributed by atoms with E-state index in [0.717, 1.165) is 11.9 Å². The molecule has 0 spiro atoms. The topological polar surface area (TPSA) is 113 Å². The van der Waals surface area contributed by atoms with Crippen LogP contribution in [0.4, 0.5) is 5.69 Å². The third-order valence-corrected chi connectivity index (χ3v) is 5.30. The number of benzene rings is 1. The Hall–Kier alpha value is -2.75. The van der Waals surface area contributed by atoms with Crippen molar-refractivity contribution in [1.82, 2.24) is 14.9 Å². The van der Waals surface area contributed by atoms with E-state index in [2.05, 4.69) is 9.97 Å². The highest BCUT2D eigenvalue weighted by atomic mass is 35.5. The number of anilines is 1. The van der Waals surface area contributed by atoms with E-state index in [0.29, 0.717) is 24.2 Å². The molecule has 9 nitrogen and oxygen atoms in total. The molecule has 3 rings (SSSR count). The average Bonchev–Trinajstić information content (AvgIpc) is 2.74. The molecule has 1 aromatic heterocycles. The number of fused-ring (bicyclic) bond motifs is 1. The number of carbonyl (C=O) groups is 3. The number of esters is 1. The van der Waals surface area contributed by atoms with Crippen LogP contribution in [0.15, 0.2) is 24.5 Å². The summed E-state index contributed by atoms with van der Waals surface area (Å²) in [4.78, 5) is 47.9. The van der Waals surface area contributed by atoms with Gasteiger partial charge in [0.05, 0.1) is 13.2 Å². The van der Waals surface area contributed by atoms with Crippen molar-refractivity contribution >= 4 is 46.7 Å². The molecule has 2 aromatic rings. The van der Waals surface area contributed by atoms with E-state index in [4.69, 9.17) is 27.9 Å². The Morgan fingerprint density at radius 1 is 1.26 bits per heavy atom. The fourth-order valence-corrected chi connectivity index (χ4v) is 3.78. The molecule has 0 aliphatic carbocycles. The minimum absolute atomic E-state index is 0.0257. The number of hydrogen-bond acceptors (Lipinski definition) is 7. The van der Waals surface area contributed by atoms with Crippen molar-refractivity contribution in [3.63, 3.8) is 0 Å². The lowest BCUT2D eigenvalue weighted by Gasteiger charge is -2.29. The van der Waals surface area contributed by atoms with Crippen molar-refractivity contribution in [3.8, 4) is 0 Å². The molecule has 1 aromatic carbocycles. The summed E-state index contributed by atoms with van der Waals surface area (Å²) < 4.78 is 4.91. The molecule has 164 valence electrons. The molecule has 2 amide bonds. The largest absolute Gasteiger partial charge is 0.465 e. The second kappa shape index (κ2) is 10.0. The molecule has 31 heavy (non-hydrogen) atoms. The molecule has 1 aliphatic heterocycles. The van der Waals surface area contributed by atoms with Gasteiger partial charge in [-0.05, 0) is 37.1 Å². The predicted octanol–water partition coefficient (Wildman–Crippen LogP) is 1.98. The Morgan fingerprint density at radius 2 is 1.97 bits per heavy atom. The molecule has 0 saturated carbocycles. The summed E-state index contributed by atoms with van der Waals surface area (Å²) in [5.74, 6) is -1.33. The first kappa shape index (κ1) is 22.9. The van der Waals surface area contributed by atoms with Crippen LogP contribution < -0.4 is 4.90 Å². The quantitative estimate of drug-likeness (QED) is 0.490. The van der Waals surface area contributed by atoms with Gasteiger partial charge in [-0.1, -0.05) is 23.2 Å². The molecular formula is C20H20Cl2N4O5. The minimum atomic E-state index is -0.573. The minimum Gasteiger partial charge on any atom is -0.465 e. The van der Waals surface area contributed by atoms with Crippen LogP contribution in [0, 0.1) is 0 Å². The molecule has 0 bridgehead atoms.